The van der Waals surface area contributed by atoms with Crippen LogP contribution >= 0.6 is 24.0 Å². The van der Waals surface area contributed by atoms with Gasteiger partial charge in [0, 0.05) is 19.6 Å². The van der Waals surface area contributed by atoms with Gasteiger partial charge in [0.2, 0.25) is 5.91 Å². The molecule has 1 aliphatic heterocycles. The lowest BCUT2D eigenvalue weighted by atomic mass is 10.00. The van der Waals surface area contributed by atoms with E-state index in [0.717, 1.165) is 19.5 Å². The number of hydrogen-bond donors (Lipinski definition) is 2. The maximum atomic E-state index is 12.7. The zero-order chi connectivity index (χ0) is 19.9. The lowest BCUT2D eigenvalue weighted by molar-refractivity contribution is -0.130. The summed E-state index contributed by atoms with van der Waals surface area (Å²) in [6, 6.07) is 14.8. The van der Waals surface area contributed by atoms with Gasteiger partial charge in [-0.2, -0.15) is 0 Å². The Hall–Kier alpha value is -2.09. The number of carbonyl (C=O) groups excluding carboxylic acids is 1. The molecule has 0 spiro atoms. The van der Waals surface area contributed by atoms with Gasteiger partial charge in [0.25, 0.3) is 0 Å². The number of amides is 1. The van der Waals surface area contributed by atoms with E-state index in [9.17, 15) is 4.79 Å². The Balaban J connectivity index is 0.00000300. The molecule has 0 fully saturated rings. The molecule has 0 aromatic heterocycles. The van der Waals surface area contributed by atoms with Crippen LogP contribution in [-0.4, -0.2) is 36.4 Å². The van der Waals surface area contributed by atoms with Crippen molar-refractivity contribution in [3.8, 4) is 0 Å². The fraction of sp³-hybridized carbons (Fsp3) is 0.391. The molecule has 6 heteroatoms. The first-order chi connectivity index (χ1) is 13.6. The molecular weight excluding hydrogens is 475 g/mol. The second kappa shape index (κ2) is 11.2. The van der Waals surface area contributed by atoms with Gasteiger partial charge in [-0.25, -0.2) is 4.99 Å². The highest BCUT2D eigenvalue weighted by Crippen LogP contribution is 2.18. The Bertz CT molecular complexity index is 866. The predicted molar refractivity (Wildman–Crippen MR) is 130 cm³/mol. The summed E-state index contributed by atoms with van der Waals surface area (Å²) in [5.74, 6) is 0.778. The molecule has 1 amide bonds. The van der Waals surface area contributed by atoms with Crippen molar-refractivity contribution in [1.82, 2.24) is 15.5 Å². The Morgan fingerprint density at radius 1 is 1.10 bits per heavy atom. The van der Waals surface area contributed by atoms with Gasteiger partial charge >= 0.3 is 0 Å². The van der Waals surface area contributed by atoms with Gasteiger partial charge in [0.15, 0.2) is 5.96 Å². The topological polar surface area (TPSA) is 56.7 Å². The van der Waals surface area contributed by atoms with Crippen molar-refractivity contribution < 1.29 is 4.79 Å². The molecule has 0 aliphatic carbocycles. The summed E-state index contributed by atoms with van der Waals surface area (Å²) in [6.45, 7) is 9.28. The summed E-state index contributed by atoms with van der Waals surface area (Å²) in [7, 11) is 0. The molecule has 1 aliphatic rings. The molecular formula is C23H31IN4O. The van der Waals surface area contributed by atoms with E-state index < -0.39 is 0 Å². The summed E-state index contributed by atoms with van der Waals surface area (Å²) in [6.07, 6.45) is 0.919. The smallest absolute Gasteiger partial charge is 0.242 e. The van der Waals surface area contributed by atoms with Gasteiger partial charge in [-0.05, 0) is 49.4 Å². The summed E-state index contributed by atoms with van der Waals surface area (Å²) < 4.78 is 0. The van der Waals surface area contributed by atoms with E-state index in [1.54, 1.807) is 0 Å². The van der Waals surface area contributed by atoms with Gasteiger partial charge in [-0.15, -0.1) is 24.0 Å². The summed E-state index contributed by atoms with van der Waals surface area (Å²) in [5.41, 5.74) is 6.29. The van der Waals surface area contributed by atoms with Crippen molar-refractivity contribution in [2.45, 2.75) is 40.3 Å². The number of aliphatic imine (C=N–C) groups is 1. The van der Waals surface area contributed by atoms with E-state index in [1.165, 1.54) is 27.8 Å². The van der Waals surface area contributed by atoms with Crippen molar-refractivity contribution in [3.05, 3.63) is 70.3 Å². The molecule has 3 rings (SSSR count). The maximum Gasteiger partial charge on any atom is 0.242 e. The number of hydrogen-bond acceptors (Lipinski definition) is 2. The van der Waals surface area contributed by atoms with E-state index in [0.29, 0.717) is 19.0 Å². The van der Waals surface area contributed by atoms with Crippen LogP contribution in [0.5, 0.6) is 0 Å². The molecule has 1 heterocycles. The normalized spacial score (nSPS) is 13.3. The molecule has 0 saturated heterocycles. The Labute approximate surface area is 191 Å². The fourth-order valence-corrected chi connectivity index (χ4v) is 3.51. The maximum absolute atomic E-state index is 12.7. The number of benzene rings is 2. The van der Waals surface area contributed by atoms with Crippen LogP contribution < -0.4 is 10.6 Å². The standard InChI is InChI=1S/C23H30N4O.HI/c1-4-24-23(25-14-20-10-9-17(2)13-18(20)3)26-15-22(28)27-12-11-19-7-5-6-8-21(19)16-27;/h5-10,13H,4,11-12,14-16H2,1-3H3,(H2,24,25,26);1H. The summed E-state index contributed by atoms with van der Waals surface area (Å²) in [4.78, 5) is 19.2. The highest BCUT2D eigenvalue weighted by molar-refractivity contribution is 14.0. The van der Waals surface area contributed by atoms with Crippen LogP contribution in [0.2, 0.25) is 0 Å². The van der Waals surface area contributed by atoms with Gasteiger partial charge < -0.3 is 15.5 Å². The van der Waals surface area contributed by atoms with E-state index in [1.807, 2.05) is 17.9 Å². The quantitative estimate of drug-likeness (QED) is 0.371. The van der Waals surface area contributed by atoms with Crippen LogP contribution in [0.15, 0.2) is 47.5 Å². The summed E-state index contributed by atoms with van der Waals surface area (Å²) >= 11 is 0. The number of carbonyl (C=O) groups is 1. The third kappa shape index (κ3) is 6.45. The van der Waals surface area contributed by atoms with E-state index in [-0.39, 0.29) is 36.4 Å². The van der Waals surface area contributed by atoms with Crippen LogP contribution in [0.3, 0.4) is 0 Å². The van der Waals surface area contributed by atoms with Crippen LogP contribution in [-0.2, 0) is 24.3 Å². The minimum atomic E-state index is 0. The minimum Gasteiger partial charge on any atom is -0.357 e. The first-order valence-corrected chi connectivity index (χ1v) is 9.99. The first-order valence-electron chi connectivity index (χ1n) is 9.99. The largest absolute Gasteiger partial charge is 0.357 e. The molecule has 5 nitrogen and oxygen atoms in total. The van der Waals surface area contributed by atoms with E-state index in [2.05, 4.69) is 65.9 Å². The average molecular weight is 506 g/mol. The molecule has 0 unspecified atom stereocenters. The number of aryl methyl sites for hydroxylation is 2. The highest BCUT2D eigenvalue weighted by Gasteiger charge is 2.20. The Morgan fingerprint density at radius 3 is 2.59 bits per heavy atom. The van der Waals surface area contributed by atoms with Gasteiger partial charge in [0.05, 0.1) is 13.1 Å². The number of guanidine groups is 1. The van der Waals surface area contributed by atoms with Crippen molar-refractivity contribution >= 4 is 35.8 Å². The van der Waals surface area contributed by atoms with Gasteiger partial charge in [-0.3, -0.25) is 4.79 Å². The number of nitrogens with one attached hydrogen (secondary N) is 2. The third-order valence-corrected chi connectivity index (χ3v) is 5.14. The van der Waals surface area contributed by atoms with Crippen LogP contribution in [0, 0.1) is 13.8 Å². The minimum absolute atomic E-state index is 0. The lowest BCUT2D eigenvalue weighted by Crippen LogP contribution is -2.45. The van der Waals surface area contributed by atoms with Crippen molar-refractivity contribution in [3.63, 3.8) is 0 Å². The highest BCUT2D eigenvalue weighted by atomic mass is 127. The van der Waals surface area contributed by atoms with E-state index in [4.69, 9.17) is 0 Å². The van der Waals surface area contributed by atoms with Crippen LogP contribution in [0.4, 0.5) is 0 Å². The molecule has 0 radical (unpaired) electrons. The van der Waals surface area contributed by atoms with E-state index >= 15 is 0 Å². The number of nitrogens with zero attached hydrogens (tertiary/aromatic N) is 2. The second-order valence-electron chi connectivity index (χ2n) is 7.31. The van der Waals surface area contributed by atoms with Crippen molar-refractivity contribution in [1.29, 1.82) is 0 Å². The molecule has 0 atom stereocenters. The number of halogens is 1. The van der Waals surface area contributed by atoms with Crippen LogP contribution in [0.25, 0.3) is 0 Å². The predicted octanol–water partition coefficient (Wildman–Crippen LogP) is 3.56. The SMILES string of the molecule is CCNC(=NCc1ccc(C)cc1C)NCC(=O)N1CCc2ccccc2C1.I. The zero-order valence-corrected chi connectivity index (χ0v) is 19.8. The lowest BCUT2D eigenvalue weighted by Gasteiger charge is -2.29. The average Bonchev–Trinajstić information content (AvgIpc) is 2.70. The Morgan fingerprint density at radius 2 is 1.86 bits per heavy atom. The summed E-state index contributed by atoms with van der Waals surface area (Å²) in [5, 5.41) is 6.42. The number of fused-ring (bicyclic) bond motifs is 1. The van der Waals surface area contributed by atoms with Crippen molar-refractivity contribution in [2.24, 2.45) is 4.99 Å². The molecule has 29 heavy (non-hydrogen) atoms. The fourth-order valence-electron chi connectivity index (χ4n) is 3.51. The van der Waals surface area contributed by atoms with Crippen molar-refractivity contribution in [2.75, 3.05) is 19.6 Å². The second-order valence-corrected chi connectivity index (χ2v) is 7.31. The van der Waals surface area contributed by atoms with Crippen LogP contribution in [0.1, 0.15) is 34.7 Å². The zero-order valence-electron chi connectivity index (χ0n) is 17.5. The Kier molecular flexibility index (Phi) is 8.95. The molecule has 156 valence electrons. The molecule has 0 bridgehead atoms. The molecule has 2 N–H and O–H groups in total. The molecule has 2 aromatic carbocycles. The first kappa shape index (κ1) is 23.2. The third-order valence-electron chi connectivity index (χ3n) is 5.14. The number of rotatable bonds is 5. The molecule has 2 aromatic rings. The monoisotopic (exact) mass is 506 g/mol. The molecule has 0 saturated carbocycles. The van der Waals surface area contributed by atoms with Gasteiger partial charge in [-0.1, -0.05) is 48.0 Å². The van der Waals surface area contributed by atoms with Gasteiger partial charge in [0.1, 0.15) is 0 Å².